The van der Waals surface area contributed by atoms with Crippen molar-refractivity contribution in [1.29, 1.82) is 0 Å². The molecule has 0 aromatic heterocycles. The van der Waals surface area contributed by atoms with Crippen LogP contribution < -0.4 is 14.4 Å². The number of hydrogen-bond acceptors (Lipinski definition) is 4. The molecule has 6 nitrogen and oxygen atoms in total. The molecule has 33 heavy (non-hydrogen) atoms. The highest BCUT2D eigenvalue weighted by atomic mass is 32.2. The Morgan fingerprint density at radius 3 is 2.27 bits per heavy atom. The molecule has 0 aliphatic carbocycles. The number of fused-ring (bicyclic) bond motifs is 1. The zero-order valence-corrected chi connectivity index (χ0v) is 19.8. The van der Waals surface area contributed by atoms with E-state index in [1.165, 1.54) is 4.31 Å². The van der Waals surface area contributed by atoms with E-state index in [2.05, 4.69) is 26.1 Å². The third-order valence-corrected chi connectivity index (χ3v) is 7.42. The average Bonchev–Trinajstić information content (AvgIpc) is 2.82. The summed E-state index contributed by atoms with van der Waals surface area (Å²) in [6, 6.07) is 23.3. The molecule has 172 valence electrons. The van der Waals surface area contributed by atoms with Crippen LogP contribution in [0.3, 0.4) is 0 Å². The Hall–Kier alpha value is -3.32. The SMILES string of the molecule is CC(C)(C)c1ccc2c(c1)N(S(=O)(=O)c1ccccc1)CC(C(=O)NCc1ccccc1)O2. The fourth-order valence-corrected chi connectivity index (χ4v) is 5.19. The Morgan fingerprint density at radius 1 is 1.00 bits per heavy atom. The van der Waals surface area contributed by atoms with Gasteiger partial charge >= 0.3 is 0 Å². The van der Waals surface area contributed by atoms with E-state index in [0.29, 0.717) is 18.0 Å². The summed E-state index contributed by atoms with van der Waals surface area (Å²) in [5.74, 6) is 0.00581. The molecule has 4 rings (SSSR count). The molecule has 0 saturated heterocycles. The number of benzene rings is 3. The maximum atomic E-state index is 13.6. The van der Waals surface area contributed by atoms with Gasteiger partial charge in [-0.1, -0.05) is 75.4 Å². The summed E-state index contributed by atoms with van der Waals surface area (Å²) in [6.07, 6.45) is -0.972. The Morgan fingerprint density at radius 2 is 1.64 bits per heavy atom. The summed E-state index contributed by atoms with van der Waals surface area (Å²) < 4.78 is 34.5. The molecule has 1 aliphatic heterocycles. The van der Waals surface area contributed by atoms with Gasteiger partial charge in [-0.25, -0.2) is 8.42 Å². The Bertz CT molecular complexity index is 1240. The van der Waals surface area contributed by atoms with Crippen molar-refractivity contribution in [1.82, 2.24) is 5.32 Å². The second-order valence-corrected chi connectivity index (χ2v) is 11.0. The van der Waals surface area contributed by atoms with Gasteiger partial charge in [0.2, 0.25) is 0 Å². The summed E-state index contributed by atoms with van der Waals surface area (Å²) in [5.41, 5.74) is 2.19. The van der Waals surface area contributed by atoms with Gasteiger partial charge in [-0.3, -0.25) is 9.10 Å². The normalized spacial score (nSPS) is 16.0. The lowest BCUT2D eigenvalue weighted by molar-refractivity contribution is -0.127. The van der Waals surface area contributed by atoms with Gasteiger partial charge in [0.1, 0.15) is 5.75 Å². The number of carbonyl (C=O) groups is 1. The zero-order valence-electron chi connectivity index (χ0n) is 19.0. The van der Waals surface area contributed by atoms with Crippen LogP contribution in [0.4, 0.5) is 5.69 Å². The van der Waals surface area contributed by atoms with Gasteiger partial charge in [-0.2, -0.15) is 0 Å². The molecule has 1 atom stereocenters. The first-order valence-corrected chi connectivity index (χ1v) is 12.3. The molecular formula is C26H28N2O4S. The fourth-order valence-electron chi connectivity index (χ4n) is 3.70. The molecule has 3 aromatic carbocycles. The minimum atomic E-state index is -3.90. The van der Waals surface area contributed by atoms with Gasteiger partial charge in [0, 0.05) is 6.54 Å². The van der Waals surface area contributed by atoms with Crippen LogP contribution in [0.1, 0.15) is 31.9 Å². The van der Waals surface area contributed by atoms with Crippen molar-refractivity contribution < 1.29 is 17.9 Å². The number of nitrogens with zero attached hydrogens (tertiary/aromatic N) is 1. The average molecular weight is 465 g/mol. The first-order valence-electron chi connectivity index (χ1n) is 10.9. The smallest absolute Gasteiger partial charge is 0.264 e. The van der Waals surface area contributed by atoms with Crippen molar-refractivity contribution in [2.75, 3.05) is 10.8 Å². The van der Waals surface area contributed by atoms with E-state index in [0.717, 1.165) is 11.1 Å². The number of rotatable bonds is 5. The van der Waals surface area contributed by atoms with Gasteiger partial charge in [-0.05, 0) is 40.8 Å². The fraction of sp³-hybridized carbons (Fsp3) is 0.269. The summed E-state index contributed by atoms with van der Waals surface area (Å²) in [4.78, 5) is 13.1. The highest BCUT2D eigenvalue weighted by molar-refractivity contribution is 7.92. The summed E-state index contributed by atoms with van der Waals surface area (Å²) in [5, 5.41) is 2.86. The highest BCUT2D eigenvalue weighted by Crippen LogP contribution is 2.40. The predicted octanol–water partition coefficient (Wildman–Crippen LogP) is 4.26. The molecule has 0 radical (unpaired) electrons. The van der Waals surface area contributed by atoms with Crippen molar-refractivity contribution in [2.24, 2.45) is 0 Å². The summed E-state index contributed by atoms with van der Waals surface area (Å²) in [7, 11) is -3.90. The Labute approximate surface area is 195 Å². The molecule has 1 heterocycles. The third kappa shape index (κ3) is 4.88. The number of amides is 1. The minimum Gasteiger partial charge on any atom is -0.476 e. The standard InChI is InChI=1S/C26H28N2O4S/c1-26(2,3)20-14-15-23-22(16-20)28(33(30,31)21-12-8-5-9-13-21)18-24(32-23)25(29)27-17-19-10-6-4-7-11-19/h4-16,24H,17-18H2,1-3H3,(H,27,29). The molecule has 0 bridgehead atoms. The van der Waals surface area contributed by atoms with Crippen molar-refractivity contribution in [2.45, 2.75) is 43.7 Å². The van der Waals surface area contributed by atoms with Gasteiger partial charge in [0.05, 0.1) is 17.1 Å². The lowest BCUT2D eigenvalue weighted by Crippen LogP contribution is -2.50. The monoisotopic (exact) mass is 464 g/mol. The number of anilines is 1. The number of hydrogen-bond donors (Lipinski definition) is 1. The zero-order chi connectivity index (χ0) is 23.6. The molecule has 0 fully saturated rings. The van der Waals surface area contributed by atoms with Gasteiger partial charge in [-0.15, -0.1) is 0 Å². The molecule has 1 amide bonds. The van der Waals surface area contributed by atoms with E-state index in [-0.39, 0.29) is 22.8 Å². The van der Waals surface area contributed by atoms with E-state index in [9.17, 15) is 13.2 Å². The molecule has 3 aromatic rings. The van der Waals surface area contributed by atoms with Crippen LogP contribution >= 0.6 is 0 Å². The second-order valence-electron chi connectivity index (χ2n) is 9.09. The molecule has 1 unspecified atom stereocenters. The van der Waals surface area contributed by atoms with E-state index >= 15 is 0 Å². The topological polar surface area (TPSA) is 75.7 Å². The summed E-state index contributed by atoms with van der Waals surface area (Å²) >= 11 is 0. The number of ether oxygens (including phenoxy) is 1. The quantitative estimate of drug-likeness (QED) is 0.612. The van der Waals surface area contributed by atoms with Crippen LogP contribution in [0.2, 0.25) is 0 Å². The van der Waals surface area contributed by atoms with Crippen molar-refractivity contribution >= 4 is 21.6 Å². The van der Waals surface area contributed by atoms with Crippen LogP contribution in [-0.2, 0) is 26.8 Å². The largest absolute Gasteiger partial charge is 0.476 e. The first kappa shape index (κ1) is 22.9. The van der Waals surface area contributed by atoms with E-state index in [4.69, 9.17) is 4.74 Å². The lowest BCUT2D eigenvalue weighted by Gasteiger charge is -2.36. The van der Waals surface area contributed by atoms with Gasteiger partial charge < -0.3 is 10.1 Å². The number of carbonyl (C=O) groups excluding carboxylic acids is 1. The Kier molecular flexibility index (Phi) is 6.17. The number of nitrogens with one attached hydrogen (secondary N) is 1. The van der Waals surface area contributed by atoms with Crippen LogP contribution in [0.5, 0.6) is 5.75 Å². The van der Waals surface area contributed by atoms with Crippen molar-refractivity contribution in [3.8, 4) is 5.75 Å². The molecule has 1 N–H and O–H groups in total. The molecule has 1 aliphatic rings. The van der Waals surface area contributed by atoms with E-state index in [1.807, 2.05) is 42.5 Å². The Balaban J connectivity index is 1.68. The maximum Gasteiger partial charge on any atom is 0.264 e. The van der Waals surface area contributed by atoms with E-state index < -0.39 is 16.1 Å². The lowest BCUT2D eigenvalue weighted by atomic mass is 9.86. The summed E-state index contributed by atoms with van der Waals surface area (Å²) in [6.45, 7) is 6.41. The van der Waals surface area contributed by atoms with Crippen LogP contribution in [-0.4, -0.2) is 27.0 Å². The van der Waals surface area contributed by atoms with Gasteiger partial charge in [0.15, 0.2) is 6.10 Å². The molecule has 0 spiro atoms. The van der Waals surface area contributed by atoms with Crippen LogP contribution in [0, 0.1) is 0 Å². The van der Waals surface area contributed by atoms with Crippen molar-refractivity contribution in [3.05, 3.63) is 90.0 Å². The van der Waals surface area contributed by atoms with Gasteiger partial charge in [0.25, 0.3) is 15.9 Å². The van der Waals surface area contributed by atoms with Crippen LogP contribution in [0.15, 0.2) is 83.8 Å². The van der Waals surface area contributed by atoms with Crippen molar-refractivity contribution in [3.63, 3.8) is 0 Å². The molecule has 0 saturated carbocycles. The number of sulfonamides is 1. The molecular weight excluding hydrogens is 436 g/mol. The minimum absolute atomic E-state index is 0.113. The highest BCUT2D eigenvalue weighted by Gasteiger charge is 2.38. The van der Waals surface area contributed by atoms with E-state index in [1.54, 1.807) is 36.4 Å². The molecule has 7 heteroatoms. The van der Waals surface area contributed by atoms with Crippen LogP contribution in [0.25, 0.3) is 0 Å². The second kappa shape index (κ2) is 8.90. The third-order valence-electron chi connectivity index (χ3n) is 5.63. The predicted molar refractivity (Wildman–Crippen MR) is 129 cm³/mol. The maximum absolute atomic E-state index is 13.6. The first-order chi connectivity index (χ1) is 15.7.